The Balaban J connectivity index is 0.000000203. The molecule has 8 aromatic rings. The molecule has 5 fully saturated rings. The summed E-state index contributed by atoms with van der Waals surface area (Å²) in [5.41, 5.74) is 2.66. The molecule has 0 radical (unpaired) electrons. The van der Waals surface area contributed by atoms with E-state index in [-0.39, 0.29) is 84.4 Å². The molecule has 688 valence electrons. The van der Waals surface area contributed by atoms with E-state index in [1.807, 2.05) is 80.8 Å². The second-order valence-electron chi connectivity index (χ2n) is 30.5. The molecular weight excluding hydrogens is 1660 g/mol. The largest absolute Gasteiger partial charge is 0.388 e. The molecule has 13 rings (SSSR count). The van der Waals surface area contributed by atoms with Crippen LogP contribution in [0.25, 0.3) is 0 Å². The minimum absolute atomic E-state index is 0.00355. The van der Waals surface area contributed by atoms with Crippen LogP contribution in [0, 0.1) is 29.1 Å². The van der Waals surface area contributed by atoms with Crippen LogP contribution in [0.2, 0.25) is 0 Å². The van der Waals surface area contributed by atoms with Crippen molar-refractivity contribution in [3.05, 3.63) is 232 Å². The van der Waals surface area contributed by atoms with Gasteiger partial charge in [-0.15, -0.1) is 0 Å². The summed E-state index contributed by atoms with van der Waals surface area (Å²) in [6.45, 7) is 22.9. The number of amides is 3. The van der Waals surface area contributed by atoms with Gasteiger partial charge >= 0.3 is 28.4 Å². The number of anilines is 4. The van der Waals surface area contributed by atoms with Gasteiger partial charge in [0.25, 0.3) is 31.8 Å². The molecule has 127 heavy (non-hydrogen) atoms. The van der Waals surface area contributed by atoms with Crippen molar-refractivity contribution in [3.63, 3.8) is 0 Å². The van der Waals surface area contributed by atoms with E-state index >= 15 is 0 Å². The number of nitrogens with one attached hydrogen (secondary N) is 4. The zero-order valence-corrected chi connectivity index (χ0v) is 72.9. The van der Waals surface area contributed by atoms with Crippen molar-refractivity contribution in [1.82, 2.24) is 52.4 Å². The SMILES string of the molecule is [2H]C([2H])([2H])O[C@@H]1[C@H](C)[C@@H](CC)O[C@H]1n1ccc(=O)[nH]c1=O.[2H]C([2H])([2H])O[C@@H]1[C@H](C)[C@@H](CC)O[C@H]1n1ccc(N)nc1=O.[2H]C([2H])([2H])O[C@@H]1[C@H](C)[C@@H](CC)O[C@H]1n1ccc(NC(=O)c2ccccc2)nc1=O.[2H]C([2H])([2H])O[C@@H]1[C@H](O)[C@@H](CC)O[C@H]1n1ccc(NC(=O)c2ccccc2)nc1=O.[2H]C([2H])([2H])O[C@@H]1[C@H](OP(OCCC#N)N(C(C)C)C(C)C)[C@@H](CC)O[C@H]1n1ccc(NC(=O)c2ccccc2)nc1=O. The van der Waals surface area contributed by atoms with Gasteiger partial charge < -0.3 is 83.2 Å². The monoisotopic (exact) mass is 1800 g/mol. The third-order valence-corrected chi connectivity index (χ3v) is 23.8. The standard InChI is InChI=1S/C27H38N5O6P.C19H23N3O4.C18H21N3O5.C12H19N3O3.C12H18N2O4/c1-7-21-23(38-39(36-17-11-15-28)32(18(2)3)19(4)5)24(35-6)26(37-21)31-16-14-22(30-27(31)34)29-25(33)20-12-9-8-10-13-20;1-4-14-12(2)16(25-3)18(26-14)22-11-10-15(21-19(22)24)20-17(23)13-8-6-5-7-9-13;1-3-12-14(22)15(25-2)17(26-12)21-10-9-13(20-18(21)24)19-16(23)11-7-5-4-6-8-11;1-4-8-7(2)10(17-3)11(18-8)15-6-5-9(13)14-12(15)16;1-4-8-7(2)10(17-3)11(18-8)14-6-5-9(15)13-12(14)16/h8-10,12-14,16,18-19,21,23-24,26H,7,11,17H2,1-6H3,(H,29,30,33,34);5-12,14,16,18H,4H2,1-3H3,(H,20,21,23,24);4-10,12,14-15,17,22H,3H2,1-2H3,(H,19,20,23,24);5-8,10-11H,4H2,1-3H3,(H2,13,14,16);5-8,10-11H,4H2,1-3H3,(H,13,15,16)/t21-,23-,24-,26-,39?;12-,14-,16-,18-;12-,14-,15-,17-;2*7-,8-,10-,11-/m11111/s1/i6D3;3D3;2D3;2*3D3. The normalized spacial score (nSPS) is 28.3. The van der Waals surface area contributed by atoms with Crippen molar-refractivity contribution in [2.75, 3.05) is 63.5 Å². The number of hydrogen-bond acceptors (Lipinski definition) is 29. The maximum atomic E-state index is 13.2. The van der Waals surface area contributed by atoms with E-state index in [0.29, 0.717) is 48.8 Å². The topological polar surface area (TPSA) is 466 Å². The summed E-state index contributed by atoms with van der Waals surface area (Å²) < 4.78 is 187. The van der Waals surface area contributed by atoms with Crippen LogP contribution in [0.5, 0.6) is 0 Å². The number of H-pyrrole nitrogens is 1. The maximum absolute atomic E-state index is 13.2. The number of benzene rings is 3. The highest BCUT2D eigenvalue weighted by Crippen LogP contribution is 2.51. The number of hydrogen-bond donors (Lipinski definition) is 6. The highest BCUT2D eigenvalue weighted by molar-refractivity contribution is 7.44. The van der Waals surface area contributed by atoms with Crippen LogP contribution in [-0.4, -0.2) is 202 Å². The summed E-state index contributed by atoms with van der Waals surface area (Å²) in [6.07, 6.45) is -4.31. The number of aromatic amines is 1. The summed E-state index contributed by atoms with van der Waals surface area (Å²) in [6, 6.07) is 34.4. The first-order chi connectivity index (χ1) is 66.7. The van der Waals surface area contributed by atoms with Crippen molar-refractivity contribution in [3.8, 4) is 6.07 Å². The summed E-state index contributed by atoms with van der Waals surface area (Å²) in [5.74, 6) is -1.61. The van der Waals surface area contributed by atoms with Gasteiger partial charge in [-0.3, -0.25) is 47.0 Å². The predicted octanol–water partition coefficient (Wildman–Crippen LogP) is 9.39. The average molecular weight is 1800 g/mol. The first-order valence-electron chi connectivity index (χ1n) is 48.8. The van der Waals surface area contributed by atoms with Crippen LogP contribution >= 0.6 is 8.53 Å². The summed E-state index contributed by atoms with van der Waals surface area (Å²) in [5, 5.41) is 27.1. The van der Waals surface area contributed by atoms with Crippen LogP contribution in [0.3, 0.4) is 0 Å². The Bertz CT molecular complexity index is 5730. The number of methoxy groups -OCH3 is 5. The lowest BCUT2D eigenvalue weighted by atomic mass is 9.98. The van der Waals surface area contributed by atoms with E-state index in [1.165, 1.54) is 70.5 Å². The van der Waals surface area contributed by atoms with Gasteiger partial charge in [-0.2, -0.15) is 25.2 Å². The Morgan fingerprint density at radius 2 is 0.811 bits per heavy atom. The molecule has 7 N–H and O–H groups in total. The Labute approximate surface area is 758 Å². The first kappa shape index (κ1) is 79.8. The highest BCUT2D eigenvalue weighted by atomic mass is 31.2. The van der Waals surface area contributed by atoms with Gasteiger partial charge in [0.05, 0.1) is 70.2 Å². The Hall–Kier alpha value is -10.6. The minimum atomic E-state index is -2.84. The molecule has 3 aromatic carbocycles. The predicted molar refractivity (Wildman–Crippen MR) is 471 cm³/mol. The molecular formula is C88H119N16O22P. The van der Waals surface area contributed by atoms with E-state index < -0.39 is 182 Å². The molecule has 5 aliphatic rings. The van der Waals surface area contributed by atoms with Gasteiger partial charge in [-0.05, 0) is 120 Å². The third kappa shape index (κ3) is 25.1. The van der Waals surface area contributed by atoms with Gasteiger partial charge in [-0.1, -0.05) is 110 Å². The van der Waals surface area contributed by atoms with Crippen molar-refractivity contribution < 1.29 is 96.5 Å². The molecule has 21 atom stereocenters. The number of aromatic nitrogens is 10. The van der Waals surface area contributed by atoms with Crippen LogP contribution < -0.4 is 55.7 Å². The molecule has 0 aliphatic carbocycles. The number of rotatable bonds is 29. The second-order valence-corrected chi connectivity index (χ2v) is 31.9. The first-order valence-corrected chi connectivity index (χ1v) is 42.5. The summed E-state index contributed by atoms with van der Waals surface area (Å²) in [4.78, 5) is 128. The van der Waals surface area contributed by atoms with Crippen molar-refractivity contribution in [2.45, 2.75) is 238 Å². The van der Waals surface area contributed by atoms with E-state index in [1.54, 1.807) is 97.9 Å². The summed E-state index contributed by atoms with van der Waals surface area (Å²) >= 11 is 0. The van der Waals surface area contributed by atoms with E-state index in [2.05, 4.69) is 46.9 Å². The van der Waals surface area contributed by atoms with Crippen molar-refractivity contribution in [2.24, 2.45) is 17.8 Å². The maximum Gasteiger partial charge on any atom is 0.351 e. The van der Waals surface area contributed by atoms with Gasteiger partial charge in [-0.25, -0.2) is 28.6 Å². The third-order valence-electron chi connectivity index (χ3n) is 21.7. The molecule has 1 unspecified atom stereocenters. The molecule has 0 saturated carbocycles. The Morgan fingerprint density at radius 1 is 0.480 bits per heavy atom. The molecule has 39 heteroatoms. The number of carbonyl (C=O) groups excluding carboxylic acids is 3. The number of aliphatic hydroxyl groups excluding tert-OH is 1. The quantitative estimate of drug-likeness (QED) is 0.0188. The molecule has 3 amide bonds. The van der Waals surface area contributed by atoms with Gasteiger partial charge in [0.2, 0.25) is 0 Å². The second kappa shape index (κ2) is 48.0. The number of ether oxygens (including phenoxy) is 10. The van der Waals surface area contributed by atoms with Gasteiger partial charge in [0.1, 0.15) is 66.0 Å². The van der Waals surface area contributed by atoms with Gasteiger partial charge in [0, 0.05) is 119 Å². The Kier molecular flexibility index (Phi) is 30.2. The number of nitrogens with two attached hydrogens (primary N) is 1. The number of nitrogen functional groups attached to an aromatic ring is 1. The molecule has 5 saturated heterocycles. The van der Waals surface area contributed by atoms with E-state index in [0.717, 1.165) is 13.7 Å². The van der Waals surface area contributed by atoms with Crippen LogP contribution in [-0.2, 0) is 56.4 Å². The smallest absolute Gasteiger partial charge is 0.351 e. The lowest BCUT2D eigenvalue weighted by Gasteiger charge is -2.38. The van der Waals surface area contributed by atoms with E-state index in [4.69, 9.17) is 88.0 Å². The number of nitrogens with zero attached hydrogens (tertiary/aromatic N) is 11. The fourth-order valence-corrected chi connectivity index (χ4v) is 16.8. The molecule has 5 aliphatic heterocycles. The number of carbonyl (C=O) groups is 3. The van der Waals surface area contributed by atoms with E-state index in [9.17, 15) is 48.3 Å². The fourth-order valence-electron chi connectivity index (χ4n) is 15.1. The zero-order valence-electron chi connectivity index (χ0n) is 87.0. The highest BCUT2D eigenvalue weighted by Gasteiger charge is 2.51. The number of aliphatic hydroxyl groups is 1. The summed E-state index contributed by atoms with van der Waals surface area (Å²) in [7, 11) is -15.2. The molecule has 0 bridgehead atoms. The number of nitriles is 1. The molecule has 0 spiro atoms. The lowest BCUT2D eigenvalue weighted by Crippen LogP contribution is -2.40. The molecule has 10 heterocycles. The van der Waals surface area contributed by atoms with Crippen molar-refractivity contribution in [1.29, 1.82) is 5.26 Å². The van der Waals surface area contributed by atoms with Crippen molar-refractivity contribution >= 4 is 49.5 Å². The molecule has 38 nitrogen and oxygen atoms in total. The minimum Gasteiger partial charge on any atom is -0.388 e. The Morgan fingerprint density at radius 3 is 1.17 bits per heavy atom. The lowest BCUT2D eigenvalue weighted by molar-refractivity contribution is -0.0541. The van der Waals surface area contributed by atoms with Gasteiger partial charge in [0.15, 0.2) is 31.1 Å². The van der Waals surface area contributed by atoms with Crippen LogP contribution in [0.15, 0.2) is 181 Å². The molecule has 5 aromatic heterocycles. The van der Waals surface area contributed by atoms with Crippen LogP contribution in [0.4, 0.5) is 23.3 Å². The zero-order chi connectivity index (χ0) is 105. The average Bonchev–Trinajstić information content (AvgIpc) is 1.63. The van der Waals surface area contributed by atoms with Crippen LogP contribution in [0.1, 0.15) is 204 Å². The fraction of sp³-hybridized carbons (Fsp3) is 0.523.